The van der Waals surface area contributed by atoms with E-state index < -0.39 is 0 Å². The van der Waals surface area contributed by atoms with Crippen LogP contribution in [0.2, 0.25) is 0 Å². The van der Waals surface area contributed by atoms with Crippen molar-refractivity contribution in [3.63, 3.8) is 0 Å². The molecule has 0 spiro atoms. The van der Waals surface area contributed by atoms with E-state index in [0.717, 1.165) is 10.6 Å². The number of rotatable bonds is 1. The van der Waals surface area contributed by atoms with Crippen LogP contribution in [0.15, 0.2) is 16.4 Å². The van der Waals surface area contributed by atoms with E-state index in [4.69, 9.17) is 0 Å². The summed E-state index contributed by atoms with van der Waals surface area (Å²) < 4.78 is 0. The molecule has 1 amide bonds. The van der Waals surface area contributed by atoms with Crippen LogP contribution in [0, 0.1) is 6.92 Å². The molecule has 1 aromatic rings. The molecule has 62 valence electrons. The number of aliphatic imine (C=N–C) groups is 1. The van der Waals surface area contributed by atoms with E-state index in [1.807, 2.05) is 5.38 Å². The Hall–Kier alpha value is -0.610. The van der Waals surface area contributed by atoms with Gasteiger partial charge in [-0.15, -0.1) is 11.3 Å². The molecule has 4 heteroatoms. The molecule has 1 aromatic heterocycles. The lowest BCUT2D eigenvalue weighted by molar-refractivity contribution is -0.115. The quantitative estimate of drug-likeness (QED) is 0.689. The van der Waals surface area contributed by atoms with Crippen molar-refractivity contribution < 1.29 is 4.79 Å². The van der Waals surface area contributed by atoms with Crippen LogP contribution in [-0.4, -0.2) is 16.7 Å². The first-order valence-electron chi connectivity index (χ1n) is 3.55. The van der Waals surface area contributed by atoms with Crippen LogP contribution < -0.4 is 0 Å². The maximum absolute atomic E-state index is 10.8. The summed E-state index contributed by atoms with van der Waals surface area (Å²) in [4.78, 5) is 16.0. The van der Waals surface area contributed by atoms with Gasteiger partial charge in [-0.3, -0.25) is 4.79 Å². The number of nitrogens with zero attached hydrogens (tertiary/aromatic N) is 1. The SMILES string of the molecule is Cc1cc(C2=NC(=O)CS2)cs1. The summed E-state index contributed by atoms with van der Waals surface area (Å²) in [6, 6.07) is 2.06. The molecule has 0 saturated heterocycles. The van der Waals surface area contributed by atoms with Crippen molar-refractivity contribution in [1.29, 1.82) is 0 Å². The van der Waals surface area contributed by atoms with Gasteiger partial charge >= 0.3 is 0 Å². The van der Waals surface area contributed by atoms with Gasteiger partial charge in [-0.25, -0.2) is 4.99 Å². The fourth-order valence-corrected chi connectivity index (χ4v) is 2.55. The van der Waals surface area contributed by atoms with E-state index >= 15 is 0 Å². The van der Waals surface area contributed by atoms with Gasteiger partial charge in [0.25, 0.3) is 5.91 Å². The predicted molar refractivity (Wildman–Crippen MR) is 53.1 cm³/mol. The molecule has 0 saturated carbocycles. The highest BCUT2D eigenvalue weighted by molar-refractivity contribution is 8.15. The van der Waals surface area contributed by atoms with Gasteiger partial charge in [-0.1, -0.05) is 11.8 Å². The fraction of sp³-hybridized carbons (Fsp3) is 0.250. The molecule has 0 radical (unpaired) electrons. The minimum atomic E-state index is -0.0150. The van der Waals surface area contributed by atoms with Crippen LogP contribution in [0.5, 0.6) is 0 Å². The van der Waals surface area contributed by atoms with E-state index in [2.05, 4.69) is 18.0 Å². The molecule has 2 nitrogen and oxygen atoms in total. The summed E-state index contributed by atoms with van der Waals surface area (Å²) in [5, 5.41) is 2.92. The standard InChI is InChI=1S/C8H7NOS2/c1-5-2-6(3-11-5)8-9-7(10)4-12-8/h2-3H,4H2,1H3. The molecular formula is C8H7NOS2. The highest BCUT2D eigenvalue weighted by Crippen LogP contribution is 2.23. The summed E-state index contributed by atoms with van der Waals surface area (Å²) >= 11 is 3.21. The second-order valence-electron chi connectivity index (χ2n) is 2.55. The first kappa shape index (κ1) is 8.01. The lowest BCUT2D eigenvalue weighted by atomic mass is 10.3. The van der Waals surface area contributed by atoms with Crippen LogP contribution in [0.25, 0.3) is 0 Å². The van der Waals surface area contributed by atoms with Crippen molar-refractivity contribution >= 4 is 34.0 Å². The summed E-state index contributed by atoms with van der Waals surface area (Å²) in [6.45, 7) is 2.05. The Morgan fingerprint density at radius 2 is 2.42 bits per heavy atom. The van der Waals surface area contributed by atoms with Gasteiger partial charge in [0.1, 0.15) is 5.04 Å². The third-order valence-electron chi connectivity index (χ3n) is 1.54. The first-order valence-corrected chi connectivity index (χ1v) is 5.42. The maximum atomic E-state index is 10.8. The smallest absolute Gasteiger partial charge is 0.257 e. The Bertz CT molecular complexity index is 354. The van der Waals surface area contributed by atoms with Crippen LogP contribution in [-0.2, 0) is 4.79 Å². The van der Waals surface area contributed by atoms with Crippen LogP contribution >= 0.6 is 23.1 Å². The molecule has 0 fully saturated rings. The molecule has 12 heavy (non-hydrogen) atoms. The Labute approximate surface area is 78.7 Å². The predicted octanol–water partition coefficient (Wildman–Crippen LogP) is 2.08. The average Bonchev–Trinajstić information content (AvgIpc) is 2.58. The Kier molecular flexibility index (Phi) is 2.02. The zero-order valence-electron chi connectivity index (χ0n) is 6.53. The fourth-order valence-electron chi connectivity index (χ4n) is 1.01. The molecule has 0 aromatic carbocycles. The normalized spacial score (nSPS) is 16.8. The zero-order valence-corrected chi connectivity index (χ0v) is 8.17. The van der Waals surface area contributed by atoms with Crippen LogP contribution in [0.3, 0.4) is 0 Å². The number of hydrogen-bond donors (Lipinski definition) is 0. The number of thioether (sulfide) groups is 1. The zero-order chi connectivity index (χ0) is 8.55. The van der Waals surface area contributed by atoms with Gasteiger partial charge in [0, 0.05) is 15.8 Å². The topological polar surface area (TPSA) is 29.4 Å². The number of amides is 1. The van der Waals surface area contributed by atoms with Gasteiger partial charge < -0.3 is 0 Å². The monoisotopic (exact) mass is 197 g/mol. The van der Waals surface area contributed by atoms with Crippen molar-refractivity contribution in [3.8, 4) is 0 Å². The third kappa shape index (κ3) is 1.44. The number of hydrogen-bond acceptors (Lipinski definition) is 3. The molecule has 0 aliphatic carbocycles. The van der Waals surface area contributed by atoms with E-state index in [1.54, 1.807) is 11.3 Å². The molecule has 1 aliphatic heterocycles. The molecular weight excluding hydrogens is 190 g/mol. The lowest BCUT2D eigenvalue weighted by Gasteiger charge is -1.89. The second kappa shape index (κ2) is 3.03. The molecule has 0 atom stereocenters. The van der Waals surface area contributed by atoms with Gasteiger partial charge in [-0.2, -0.15) is 0 Å². The van der Waals surface area contributed by atoms with Gasteiger partial charge in [-0.05, 0) is 13.0 Å². The van der Waals surface area contributed by atoms with Gasteiger partial charge in [0.05, 0.1) is 5.75 Å². The number of carbonyl (C=O) groups is 1. The Morgan fingerprint density at radius 1 is 1.58 bits per heavy atom. The van der Waals surface area contributed by atoms with E-state index in [9.17, 15) is 4.79 Å². The number of aryl methyl sites for hydroxylation is 1. The molecule has 2 heterocycles. The Morgan fingerprint density at radius 3 is 2.92 bits per heavy atom. The minimum absolute atomic E-state index is 0.0150. The molecule has 0 bridgehead atoms. The third-order valence-corrected chi connectivity index (χ3v) is 3.39. The first-order chi connectivity index (χ1) is 5.75. The average molecular weight is 197 g/mol. The van der Waals surface area contributed by atoms with Crippen molar-refractivity contribution in [2.24, 2.45) is 4.99 Å². The maximum Gasteiger partial charge on any atom is 0.257 e. The van der Waals surface area contributed by atoms with Gasteiger partial charge in [0.15, 0.2) is 0 Å². The summed E-state index contributed by atoms with van der Waals surface area (Å²) in [5.74, 6) is 0.489. The van der Waals surface area contributed by atoms with Crippen LogP contribution in [0.4, 0.5) is 0 Å². The lowest BCUT2D eigenvalue weighted by Crippen LogP contribution is -1.87. The summed E-state index contributed by atoms with van der Waals surface area (Å²) in [6.07, 6.45) is 0. The number of carbonyl (C=O) groups excluding carboxylic acids is 1. The van der Waals surface area contributed by atoms with Gasteiger partial charge in [0.2, 0.25) is 0 Å². The van der Waals surface area contributed by atoms with Crippen molar-refractivity contribution in [2.45, 2.75) is 6.92 Å². The van der Waals surface area contributed by atoms with Crippen molar-refractivity contribution in [1.82, 2.24) is 0 Å². The van der Waals surface area contributed by atoms with E-state index in [1.165, 1.54) is 16.6 Å². The summed E-state index contributed by atoms with van der Waals surface area (Å²) in [5.41, 5.74) is 1.09. The van der Waals surface area contributed by atoms with Crippen molar-refractivity contribution in [3.05, 3.63) is 21.9 Å². The van der Waals surface area contributed by atoms with E-state index in [0.29, 0.717) is 5.75 Å². The Balaban J connectivity index is 2.32. The molecule has 2 rings (SSSR count). The van der Waals surface area contributed by atoms with Crippen molar-refractivity contribution in [2.75, 3.05) is 5.75 Å². The largest absolute Gasteiger partial charge is 0.272 e. The second-order valence-corrected chi connectivity index (χ2v) is 4.62. The number of thiophene rings is 1. The summed E-state index contributed by atoms with van der Waals surface area (Å²) in [7, 11) is 0. The minimum Gasteiger partial charge on any atom is -0.272 e. The molecule has 0 unspecified atom stereocenters. The molecule has 0 N–H and O–H groups in total. The molecule has 1 aliphatic rings. The highest BCUT2D eigenvalue weighted by atomic mass is 32.2. The van der Waals surface area contributed by atoms with E-state index in [-0.39, 0.29) is 5.91 Å². The van der Waals surface area contributed by atoms with Crippen LogP contribution in [0.1, 0.15) is 10.4 Å². The highest BCUT2D eigenvalue weighted by Gasteiger charge is 2.16.